The Morgan fingerprint density at radius 2 is 1.96 bits per heavy atom. The molecule has 1 aromatic carbocycles. The molecule has 0 radical (unpaired) electrons. The molecule has 2 heterocycles. The molecular formula is C20H23FN4O2. The summed E-state index contributed by atoms with van der Waals surface area (Å²) in [4.78, 5) is 12.7. The molecule has 0 aliphatic heterocycles. The zero-order valence-electron chi connectivity index (χ0n) is 15.9. The highest BCUT2D eigenvalue weighted by molar-refractivity contribution is 5.92. The van der Waals surface area contributed by atoms with E-state index in [2.05, 4.69) is 15.6 Å². The van der Waals surface area contributed by atoms with E-state index in [0.29, 0.717) is 11.3 Å². The lowest BCUT2D eigenvalue weighted by Gasteiger charge is -2.17. The number of halogens is 1. The van der Waals surface area contributed by atoms with E-state index >= 15 is 0 Å². The summed E-state index contributed by atoms with van der Waals surface area (Å²) in [6.07, 6.45) is 0.724. The van der Waals surface area contributed by atoms with Crippen LogP contribution in [-0.4, -0.2) is 20.8 Å². The van der Waals surface area contributed by atoms with Gasteiger partial charge in [-0.1, -0.05) is 12.1 Å². The molecule has 142 valence electrons. The van der Waals surface area contributed by atoms with Crippen LogP contribution in [-0.2, 0) is 6.54 Å². The van der Waals surface area contributed by atoms with Crippen LogP contribution in [0.2, 0.25) is 0 Å². The van der Waals surface area contributed by atoms with Crippen LogP contribution in [0, 0.1) is 19.7 Å². The van der Waals surface area contributed by atoms with Gasteiger partial charge in [0, 0.05) is 29.4 Å². The molecule has 3 aromatic rings. The second kappa shape index (κ2) is 7.73. The van der Waals surface area contributed by atoms with Crippen molar-refractivity contribution < 1.29 is 13.7 Å². The van der Waals surface area contributed by atoms with Gasteiger partial charge in [0.1, 0.15) is 11.5 Å². The van der Waals surface area contributed by atoms with Crippen LogP contribution in [0.5, 0.6) is 0 Å². The molecule has 0 saturated carbocycles. The number of nitrogens with one attached hydrogen (secondary N) is 1. The van der Waals surface area contributed by atoms with Gasteiger partial charge in [-0.2, -0.15) is 5.10 Å². The zero-order valence-corrected chi connectivity index (χ0v) is 15.9. The van der Waals surface area contributed by atoms with Crippen LogP contribution in [0.4, 0.5) is 4.39 Å². The van der Waals surface area contributed by atoms with Crippen LogP contribution in [0.15, 0.2) is 34.9 Å². The number of rotatable bonds is 6. The predicted octanol–water partition coefficient (Wildman–Crippen LogP) is 4.20. The van der Waals surface area contributed by atoms with E-state index in [4.69, 9.17) is 4.52 Å². The van der Waals surface area contributed by atoms with Gasteiger partial charge in [-0.15, -0.1) is 0 Å². The Hall–Kier alpha value is -2.96. The number of aromatic nitrogens is 3. The van der Waals surface area contributed by atoms with Gasteiger partial charge in [-0.3, -0.25) is 9.48 Å². The fraction of sp³-hybridized carbons (Fsp3) is 0.350. The molecule has 7 heteroatoms. The quantitative estimate of drug-likeness (QED) is 0.706. The summed E-state index contributed by atoms with van der Waals surface area (Å²) in [5.74, 6) is -0.555. The number of carbonyl (C=O) groups is 1. The summed E-state index contributed by atoms with van der Waals surface area (Å²) >= 11 is 0. The first-order valence-electron chi connectivity index (χ1n) is 9.02. The first-order valence-corrected chi connectivity index (χ1v) is 9.02. The standard InChI is InChI=1S/C20H23FN4O2/c1-5-16(19-12(3)23-25(6-2)13(19)4)22-20(26)18-11-17(24-27-18)14-7-9-15(21)10-8-14/h7-11,16H,5-6H2,1-4H3,(H,22,26)/t16-/m0/s1. The van der Waals surface area contributed by atoms with Gasteiger partial charge in [0.25, 0.3) is 5.91 Å². The van der Waals surface area contributed by atoms with Gasteiger partial charge in [0.15, 0.2) is 0 Å². The molecule has 0 aliphatic rings. The van der Waals surface area contributed by atoms with E-state index < -0.39 is 0 Å². The highest BCUT2D eigenvalue weighted by Gasteiger charge is 2.23. The molecule has 2 aromatic heterocycles. The summed E-state index contributed by atoms with van der Waals surface area (Å²) < 4.78 is 20.2. The maximum absolute atomic E-state index is 13.1. The lowest BCUT2D eigenvalue weighted by atomic mass is 10.0. The first-order chi connectivity index (χ1) is 12.9. The second-order valence-electron chi connectivity index (χ2n) is 6.42. The second-order valence-corrected chi connectivity index (χ2v) is 6.42. The van der Waals surface area contributed by atoms with E-state index in [0.717, 1.165) is 29.9 Å². The number of amides is 1. The van der Waals surface area contributed by atoms with Crippen molar-refractivity contribution in [1.29, 1.82) is 0 Å². The number of hydrogen-bond donors (Lipinski definition) is 1. The Kier molecular flexibility index (Phi) is 5.39. The molecule has 6 nitrogen and oxygen atoms in total. The zero-order chi connectivity index (χ0) is 19.6. The third-order valence-corrected chi connectivity index (χ3v) is 4.67. The highest BCUT2D eigenvalue weighted by atomic mass is 19.1. The lowest BCUT2D eigenvalue weighted by Crippen LogP contribution is -2.28. The Morgan fingerprint density at radius 3 is 2.56 bits per heavy atom. The van der Waals surface area contributed by atoms with Crippen molar-refractivity contribution in [2.45, 2.75) is 46.7 Å². The average Bonchev–Trinajstić information content (AvgIpc) is 3.25. The number of benzene rings is 1. The fourth-order valence-electron chi connectivity index (χ4n) is 3.27. The van der Waals surface area contributed by atoms with Crippen LogP contribution in [0.25, 0.3) is 11.3 Å². The van der Waals surface area contributed by atoms with Gasteiger partial charge >= 0.3 is 0 Å². The molecule has 0 bridgehead atoms. The molecule has 0 unspecified atom stereocenters. The molecule has 0 fully saturated rings. The van der Waals surface area contributed by atoms with E-state index in [1.54, 1.807) is 18.2 Å². The third kappa shape index (κ3) is 3.77. The summed E-state index contributed by atoms with van der Waals surface area (Å²) in [5, 5.41) is 11.5. The smallest absolute Gasteiger partial charge is 0.290 e. The minimum Gasteiger partial charge on any atom is -0.350 e. The molecule has 0 saturated heterocycles. The van der Waals surface area contributed by atoms with Crippen molar-refractivity contribution in [2.24, 2.45) is 0 Å². The van der Waals surface area contributed by atoms with Crippen LogP contribution >= 0.6 is 0 Å². The van der Waals surface area contributed by atoms with Crippen molar-refractivity contribution in [3.8, 4) is 11.3 Å². The normalized spacial score (nSPS) is 12.2. The minimum atomic E-state index is -0.342. The predicted molar refractivity (Wildman–Crippen MR) is 99.8 cm³/mol. The molecule has 0 spiro atoms. The van der Waals surface area contributed by atoms with Crippen LogP contribution in [0.3, 0.4) is 0 Å². The molecule has 1 N–H and O–H groups in total. The van der Waals surface area contributed by atoms with Crippen molar-refractivity contribution in [3.05, 3.63) is 58.9 Å². The topological polar surface area (TPSA) is 73.0 Å². The fourth-order valence-corrected chi connectivity index (χ4v) is 3.27. The van der Waals surface area contributed by atoms with Gasteiger partial charge in [0.05, 0.1) is 11.7 Å². The Balaban J connectivity index is 1.80. The molecular weight excluding hydrogens is 347 g/mol. The largest absolute Gasteiger partial charge is 0.350 e. The maximum Gasteiger partial charge on any atom is 0.290 e. The van der Waals surface area contributed by atoms with Gasteiger partial charge in [-0.05, 0) is 51.5 Å². The molecule has 1 atom stereocenters. The molecule has 3 rings (SSSR count). The van der Waals surface area contributed by atoms with Gasteiger partial charge in [0.2, 0.25) is 5.76 Å². The van der Waals surface area contributed by atoms with Gasteiger partial charge in [-0.25, -0.2) is 4.39 Å². The van der Waals surface area contributed by atoms with Crippen LogP contribution in [0.1, 0.15) is 53.8 Å². The van der Waals surface area contributed by atoms with Crippen molar-refractivity contribution >= 4 is 5.91 Å². The van der Waals surface area contributed by atoms with E-state index in [-0.39, 0.29) is 23.5 Å². The van der Waals surface area contributed by atoms with E-state index in [1.807, 2.05) is 32.4 Å². The Morgan fingerprint density at radius 1 is 1.26 bits per heavy atom. The van der Waals surface area contributed by atoms with Crippen LogP contribution < -0.4 is 5.32 Å². The molecule has 0 aliphatic carbocycles. The Bertz CT molecular complexity index is 944. The number of carbonyl (C=O) groups excluding carboxylic acids is 1. The minimum absolute atomic E-state index is 0.117. The SMILES string of the molecule is CC[C@H](NC(=O)c1cc(-c2ccc(F)cc2)no1)c1c(C)nn(CC)c1C. The monoisotopic (exact) mass is 370 g/mol. The summed E-state index contributed by atoms with van der Waals surface area (Å²) in [7, 11) is 0. The Labute approximate surface area is 157 Å². The third-order valence-electron chi connectivity index (χ3n) is 4.67. The summed E-state index contributed by atoms with van der Waals surface area (Å²) in [6, 6.07) is 7.26. The maximum atomic E-state index is 13.1. The summed E-state index contributed by atoms with van der Waals surface area (Å²) in [5.41, 5.74) is 4.16. The number of aryl methyl sites for hydroxylation is 2. The van der Waals surface area contributed by atoms with Crippen molar-refractivity contribution in [1.82, 2.24) is 20.3 Å². The molecule has 1 amide bonds. The average molecular weight is 370 g/mol. The van der Waals surface area contributed by atoms with Crippen molar-refractivity contribution in [2.75, 3.05) is 0 Å². The van der Waals surface area contributed by atoms with Crippen molar-refractivity contribution in [3.63, 3.8) is 0 Å². The molecule has 27 heavy (non-hydrogen) atoms. The highest BCUT2D eigenvalue weighted by Crippen LogP contribution is 2.25. The summed E-state index contributed by atoms with van der Waals surface area (Å²) in [6.45, 7) is 8.78. The van der Waals surface area contributed by atoms with E-state index in [1.165, 1.54) is 12.1 Å². The van der Waals surface area contributed by atoms with Gasteiger partial charge < -0.3 is 9.84 Å². The number of nitrogens with zero attached hydrogens (tertiary/aromatic N) is 3. The first kappa shape index (κ1) is 18.8. The lowest BCUT2D eigenvalue weighted by molar-refractivity contribution is 0.0898. The van der Waals surface area contributed by atoms with E-state index in [9.17, 15) is 9.18 Å². The number of hydrogen-bond acceptors (Lipinski definition) is 4.